The summed E-state index contributed by atoms with van der Waals surface area (Å²) < 4.78 is 7.77. The monoisotopic (exact) mass is 268 g/mol. The Morgan fingerprint density at radius 2 is 2.00 bits per heavy atom. The van der Waals surface area contributed by atoms with Crippen molar-refractivity contribution < 1.29 is 4.74 Å². The number of nitrogens with zero attached hydrogens (tertiary/aromatic N) is 3. The fraction of sp³-hybridized carbons (Fsp3) is 0.200. The van der Waals surface area contributed by atoms with Crippen LogP contribution < -0.4 is 10.5 Å². The smallest absolute Gasteiger partial charge is 0.165 e. The normalized spacial score (nSPS) is 11.2. The Morgan fingerprint density at radius 3 is 2.75 bits per heavy atom. The molecule has 3 aromatic rings. The summed E-state index contributed by atoms with van der Waals surface area (Å²) in [7, 11) is 0. The second kappa shape index (κ2) is 4.85. The standard InChI is InChI=1S/C15H16N4O/c1-10(2)19-9-11(7-18-19)20-15-4-3-14(16)13-8-17-6-5-12(13)15/h3-10H,16H2,1-2H3. The molecule has 102 valence electrons. The molecule has 0 saturated heterocycles. The molecule has 0 spiro atoms. The number of ether oxygens (including phenoxy) is 1. The third-order valence-corrected chi connectivity index (χ3v) is 3.15. The Kier molecular flexibility index (Phi) is 3.02. The minimum atomic E-state index is 0.305. The average Bonchev–Trinajstić information content (AvgIpc) is 2.91. The first-order valence-corrected chi connectivity index (χ1v) is 6.49. The lowest BCUT2D eigenvalue weighted by atomic mass is 10.1. The molecule has 0 saturated carbocycles. The number of hydrogen-bond acceptors (Lipinski definition) is 4. The largest absolute Gasteiger partial charge is 0.453 e. The molecular weight excluding hydrogens is 252 g/mol. The average molecular weight is 268 g/mol. The number of nitrogens with two attached hydrogens (primary N) is 1. The fourth-order valence-corrected chi connectivity index (χ4v) is 2.06. The molecule has 5 heteroatoms. The van der Waals surface area contributed by atoms with Crippen LogP contribution in [-0.2, 0) is 0 Å². The quantitative estimate of drug-likeness (QED) is 0.739. The lowest BCUT2D eigenvalue weighted by Crippen LogP contribution is -1.99. The topological polar surface area (TPSA) is 66.0 Å². The van der Waals surface area contributed by atoms with Gasteiger partial charge in [0.25, 0.3) is 0 Å². The summed E-state index contributed by atoms with van der Waals surface area (Å²) in [4.78, 5) is 4.10. The molecule has 2 heterocycles. The van der Waals surface area contributed by atoms with E-state index in [1.165, 1.54) is 0 Å². The third kappa shape index (κ3) is 2.18. The maximum atomic E-state index is 5.95. The number of anilines is 1. The van der Waals surface area contributed by atoms with Gasteiger partial charge in [0, 0.05) is 34.9 Å². The van der Waals surface area contributed by atoms with Crippen molar-refractivity contribution in [2.24, 2.45) is 0 Å². The van der Waals surface area contributed by atoms with Crippen LogP contribution in [0.5, 0.6) is 11.5 Å². The molecule has 0 fully saturated rings. The lowest BCUT2D eigenvalue weighted by molar-refractivity contribution is 0.482. The van der Waals surface area contributed by atoms with E-state index in [1.54, 1.807) is 18.6 Å². The molecule has 0 aliphatic heterocycles. The van der Waals surface area contributed by atoms with E-state index >= 15 is 0 Å². The number of nitrogen functional groups attached to an aromatic ring is 1. The molecule has 5 nitrogen and oxygen atoms in total. The van der Waals surface area contributed by atoms with Gasteiger partial charge in [0.05, 0.1) is 12.4 Å². The van der Waals surface area contributed by atoms with Gasteiger partial charge in [-0.05, 0) is 32.0 Å². The van der Waals surface area contributed by atoms with Gasteiger partial charge in [-0.25, -0.2) is 0 Å². The van der Waals surface area contributed by atoms with Crippen LogP contribution in [0.1, 0.15) is 19.9 Å². The van der Waals surface area contributed by atoms with Crippen molar-refractivity contribution in [2.45, 2.75) is 19.9 Å². The predicted octanol–water partition coefficient (Wildman–Crippen LogP) is 3.39. The van der Waals surface area contributed by atoms with Crippen molar-refractivity contribution in [3.05, 3.63) is 43.0 Å². The molecule has 3 rings (SSSR count). The van der Waals surface area contributed by atoms with Gasteiger partial charge in [-0.15, -0.1) is 0 Å². The van der Waals surface area contributed by atoms with Crippen molar-refractivity contribution in [3.63, 3.8) is 0 Å². The van der Waals surface area contributed by atoms with Crippen molar-refractivity contribution in [1.29, 1.82) is 0 Å². The maximum Gasteiger partial charge on any atom is 0.165 e. The van der Waals surface area contributed by atoms with Crippen LogP contribution in [-0.4, -0.2) is 14.8 Å². The maximum absolute atomic E-state index is 5.95. The third-order valence-electron chi connectivity index (χ3n) is 3.15. The number of rotatable bonds is 3. The second-order valence-electron chi connectivity index (χ2n) is 4.93. The number of aromatic nitrogens is 3. The minimum absolute atomic E-state index is 0.305. The first kappa shape index (κ1) is 12.5. The Labute approximate surface area is 117 Å². The summed E-state index contributed by atoms with van der Waals surface area (Å²) >= 11 is 0. The fourth-order valence-electron chi connectivity index (χ4n) is 2.06. The molecule has 0 bridgehead atoms. The van der Waals surface area contributed by atoms with Crippen LogP contribution >= 0.6 is 0 Å². The van der Waals surface area contributed by atoms with Crippen molar-refractivity contribution in [2.75, 3.05) is 5.73 Å². The molecule has 20 heavy (non-hydrogen) atoms. The number of hydrogen-bond donors (Lipinski definition) is 1. The highest BCUT2D eigenvalue weighted by Gasteiger charge is 2.08. The van der Waals surface area contributed by atoms with Gasteiger partial charge < -0.3 is 10.5 Å². The van der Waals surface area contributed by atoms with Gasteiger partial charge in [0.1, 0.15) is 5.75 Å². The van der Waals surface area contributed by atoms with Crippen LogP contribution in [0.2, 0.25) is 0 Å². The van der Waals surface area contributed by atoms with E-state index in [9.17, 15) is 0 Å². The summed E-state index contributed by atoms with van der Waals surface area (Å²) in [5.74, 6) is 1.46. The second-order valence-corrected chi connectivity index (χ2v) is 4.93. The summed E-state index contributed by atoms with van der Waals surface area (Å²) in [5, 5.41) is 6.10. The predicted molar refractivity (Wildman–Crippen MR) is 78.8 cm³/mol. The molecule has 2 aromatic heterocycles. The first-order valence-electron chi connectivity index (χ1n) is 6.49. The van der Waals surface area contributed by atoms with Gasteiger partial charge in [0.15, 0.2) is 5.75 Å². The van der Waals surface area contributed by atoms with Crippen LogP contribution in [0.4, 0.5) is 5.69 Å². The van der Waals surface area contributed by atoms with Crippen LogP contribution in [0, 0.1) is 0 Å². The van der Waals surface area contributed by atoms with Crippen molar-refractivity contribution in [1.82, 2.24) is 14.8 Å². The zero-order chi connectivity index (χ0) is 14.1. The molecule has 2 N–H and O–H groups in total. The molecule has 1 aromatic carbocycles. The van der Waals surface area contributed by atoms with Gasteiger partial charge in [-0.2, -0.15) is 5.10 Å². The highest BCUT2D eigenvalue weighted by Crippen LogP contribution is 2.32. The van der Waals surface area contributed by atoms with E-state index in [0.717, 1.165) is 16.5 Å². The van der Waals surface area contributed by atoms with Crippen molar-refractivity contribution >= 4 is 16.5 Å². The van der Waals surface area contributed by atoms with E-state index in [-0.39, 0.29) is 0 Å². The van der Waals surface area contributed by atoms with E-state index in [1.807, 2.05) is 29.1 Å². The van der Waals surface area contributed by atoms with E-state index < -0.39 is 0 Å². The zero-order valence-corrected chi connectivity index (χ0v) is 11.4. The van der Waals surface area contributed by atoms with Gasteiger partial charge in [0.2, 0.25) is 0 Å². The summed E-state index contributed by atoms with van der Waals surface area (Å²) in [6, 6.07) is 5.89. The summed E-state index contributed by atoms with van der Waals surface area (Å²) in [6.45, 7) is 4.14. The summed E-state index contributed by atoms with van der Waals surface area (Å²) in [6.07, 6.45) is 7.07. The number of fused-ring (bicyclic) bond motifs is 1. The SMILES string of the molecule is CC(C)n1cc(Oc2ccc(N)c3cnccc23)cn1. The van der Waals surface area contributed by atoms with E-state index in [2.05, 4.69) is 23.9 Å². The Balaban J connectivity index is 2.00. The lowest BCUT2D eigenvalue weighted by Gasteiger charge is -2.08. The van der Waals surface area contributed by atoms with Gasteiger partial charge >= 0.3 is 0 Å². The Bertz CT molecular complexity index is 748. The minimum Gasteiger partial charge on any atom is -0.453 e. The molecule has 0 aliphatic carbocycles. The molecular formula is C15H16N4O. The Morgan fingerprint density at radius 1 is 1.15 bits per heavy atom. The van der Waals surface area contributed by atoms with Gasteiger partial charge in [-0.1, -0.05) is 0 Å². The van der Waals surface area contributed by atoms with Crippen LogP contribution in [0.25, 0.3) is 10.8 Å². The van der Waals surface area contributed by atoms with Gasteiger partial charge in [-0.3, -0.25) is 9.67 Å². The van der Waals surface area contributed by atoms with Crippen molar-refractivity contribution in [3.8, 4) is 11.5 Å². The van der Waals surface area contributed by atoms with E-state index in [0.29, 0.717) is 17.5 Å². The highest BCUT2D eigenvalue weighted by atomic mass is 16.5. The Hall–Kier alpha value is -2.56. The zero-order valence-electron chi connectivity index (χ0n) is 11.4. The van der Waals surface area contributed by atoms with Crippen LogP contribution in [0.15, 0.2) is 43.0 Å². The number of pyridine rings is 1. The van der Waals surface area contributed by atoms with E-state index in [4.69, 9.17) is 10.5 Å². The van der Waals surface area contributed by atoms with Crippen LogP contribution in [0.3, 0.4) is 0 Å². The first-order chi connectivity index (χ1) is 9.65. The molecule has 0 unspecified atom stereocenters. The number of benzene rings is 1. The molecule has 0 radical (unpaired) electrons. The molecule has 0 aliphatic rings. The highest BCUT2D eigenvalue weighted by molar-refractivity contribution is 5.96. The summed E-state index contributed by atoms with van der Waals surface area (Å²) in [5.41, 5.74) is 6.64. The molecule has 0 amide bonds. The molecule has 0 atom stereocenters.